The maximum Gasteiger partial charge on any atom is 0.321 e. The maximum absolute atomic E-state index is 11.6. The van der Waals surface area contributed by atoms with Crippen molar-refractivity contribution in [3.8, 4) is 0 Å². The first-order chi connectivity index (χ1) is 8.38. The number of nitrogens with one attached hydrogen (secondary N) is 1. The molecule has 0 aromatic rings. The van der Waals surface area contributed by atoms with Crippen LogP contribution < -0.4 is 4.72 Å². The summed E-state index contributed by atoms with van der Waals surface area (Å²) < 4.78 is 15.0. The van der Waals surface area contributed by atoms with E-state index in [-0.39, 0.29) is 11.7 Å². The van der Waals surface area contributed by atoms with E-state index in [1.54, 1.807) is 38.2 Å². The largest absolute Gasteiger partial charge is 0.480 e. The second kappa shape index (κ2) is 9.24. The second-order valence-corrected chi connectivity index (χ2v) is 6.06. The molecule has 0 spiro atoms. The highest BCUT2D eigenvalue weighted by Crippen LogP contribution is 2.06. The highest BCUT2D eigenvalue weighted by atomic mass is 79.9. The van der Waals surface area contributed by atoms with Gasteiger partial charge >= 0.3 is 5.97 Å². The third-order valence-corrected chi connectivity index (χ3v) is 3.53. The van der Waals surface area contributed by atoms with Crippen molar-refractivity contribution in [2.24, 2.45) is 5.92 Å². The Morgan fingerprint density at radius 1 is 1.56 bits per heavy atom. The molecule has 0 aromatic heterocycles. The van der Waals surface area contributed by atoms with Gasteiger partial charge in [-0.15, -0.1) is 0 Å². The number of allylic oxidation sites excluding steroid dienone is 4. The van der Waals surface area contributed by atoms with Gasteiger partial charge in [-0.3, -0.25) is 4.79 Å². The molecule has 0 saturated carbocycles. The molecule has 0 saturated heterocycles. The molecule has 2 atom stereocenters. The lowest BCUT2D eigenvalue weighted by Crippen LogP contribution is -2.42. The van der Waals surface area contributed by atoms with Crippen LogP contribution in [-0.4, -0.2) is 27.1 Å². The van der Waals surface area contributed by atoms with Crippen molar-refractivity contribution < 1.29 is 14.1 Å². The van der Waals surface area contributed by atoms with Crippen LogP contribution in [0, 0.1) is 5.92 Å². The van der Waals surface area contributed by atoms with Gasteiger partial charge in [0.15, 0.2) is 0 Å². The van der Waals surface area contributed by atoms with E-state index in [9.17, 15) is 9.00 Å². The Bertz CT molecular complexity index is 378. The van der Waals surface area contributed by atoms with Crippen molar-refractivity contribution in [1.29, 1.82) is 0 Å². The van der Waals surface area contributed by atoms with Crippen LogP contribution in [0.2, 0.25) is 0 Å². The lowest BCUT2D eigenvalue weighted by molar-refractivity contribution is -0.140. The molecule has 2 unspecified atom stereocenters. The number of hydrogen-bond donors (Lipinski definition) is 2. The Kier molecular flexibility index (Phi) is 8.87. The summed E-state index contributed by atoms with van der Waals surface area (Å²) in [6.07, 6.45) is 6.82. The topological polar surface area (TPSA) is 66.4 Å². The fourth-order valence-corrected chi connectivity index (χ4v) is 2.47. The zero-order valence-corrected chi connectivity index (χ0v) is 12.8. The van der Waals surface area contributed by atoms with Gasteiger partial charge in [-0.2, -0.15) is 0 Å². The number of carbonyl (C=O) groups is 1. The van der Waals surface area contributed by atoms with Gasteiger partial charge < -0.3 is 5.11 Å². The molecule has 0 amide bonds. The van der Waals surface area contributed by atoms with Gasteiger partial charge in [-0.1, -0.05) is 54.6 Å². The molecule has 0 aliphatic rings. The van der Waals surface area contributed by atoms with Crippen molar-refractivity contribution in [2.75, 3.05) is 5.75 Å². The molecule has 0 radical (unpaired) electrons. The molecule has 0 rings (SSSR count). The zero-order valence-electron chi connectivity index (χ0n) is 10.4. The normalized spacial score (nSPS) is 15.9. The number of halogens is 1. The van der Waals surface area contributed by atoms with E-state index in [2.05, 4.69) is 27.2 Å². The van der Waals surface area contributed by atoms with Crippen LogP contribution in [0.15, 0.2) is 35.4 Å². The molecule has 2 N–H and O–H groups in total. The minimum Gasteiger partial charge on any atom is -0.480 e. The summed E-state index contributed by atoms with van der Waals surface area (Å²) in [6, 6.07) is -0.800. The fourth-order valence-electron chi connectivity index (χ4n) is 1.08. The summed E-state index contributed by atoms with van der Waals surface area (Å²) in [5.41, 5.74) is 0. The molecule has 0 bridgehead atoms. The van der Waals surface area contributed by atoms with Crippen LogP contribution in [0.4, 0.5) is 0 Å². The number of rotatable bonds is 8. The van der Waals surface area contributed by atoms with Crippen molar-refractivity contribution >= 4 is 32.9 Å². The van der Waals surface area contributed by atoms with E-state index in [0.717, 1.165) is 4.48 Å². The standard InChI is InChI=1S/C12H18BrNO3S/c1-4-6-10(13)7-5-8-18(17)14-11(9(2)3)12(15)16/h4-7,9,11,14H,1,8H2,2-3H3,(H,15,16)/b7-5-,10-6+. The maximum atomic E-state index is 11.6. The summed E-state index contributed by atoms with van der Waals surface area (Å²) in [5.74, 6) is -0.866. The Morgan fingerprint density at radius 3 is 2.61 bits per heavy atom. The molecule has 0 aromatic carbocycles. The van der Waals surface area contributed by atoms with Crippen molar-refractivity contribution in [3.63, 3.8) is 0 Å². The summed E-state index contributed by atoms with van der Waals surface area (Å²) in [6.45, 7) is 7.08. The Labute approximate surface area is 119 Å². The summed E-state index contributed by atoms with van der Waals surface area (Å²) in [5, 5.41) is 8.93. The number of hydrogen-bond acceptors (Lipinski definition) is 2. The lowest BCUT2D eigenvalue weighted by atomic mass is 10.1. The minimum absolute atomic E-state index is 0.122. The van der Waals surface area contributed by atoms with E-state index in [1.807, 2.05) is 0 Å². The summed E-state index contributed by atoms with van der Waals surface area (Å²) in [7, 11) is -1.40. The second-order valence-electron chi connectivity index (χ2n) is 3.88. The van der Waals surface area contributed by atoms with Gasteiger partial charge in [0.05, 0.1) is 16.7 Å². The van der Waals surface area contributed by atoms with Gasteiger partial charge in [-0.25, -0.2) is 8.93 Å². The molecular formula is C12H18BrNO3S. The smallest absolute Gasteiger partial charge is 0.321 e. The third-order valence-electron chi connectivity index (χ3n) is 1.99. The Balaban J connectivity index is 4.30. The van der Waals surface area contributed by atoms with Crippen molar-refractivity contribution in [1.82, 2.24) is 4.72 Å². The van der Waals surface area contributed by atoms with Crippen LogP contribution in [0.5, 0.6) is 0 Å². The monoisotopic (exact) mass is 335 g/mol. The van der Waals surface area contributed by atoms with E-state index in [0.29, 0.717) is 0 Å². The SMILES string of the molecule is C=C/C=C(Br)\C=C/CS(=O)NC(C(=O)O)C(C)C. The van der Waals surface area contributed by atoms with Gasteiger partial charge in [0.25, 0.3) is 0 Å². The molecule has 0 heterocycles. The zero-order chi connectivity index (χ0) is 14.1. The summed E-state index contributed by atoms with van der Waals surface area (Å²) >= 11 is 3.28. The first-order valence-corrected chi connectivity index (χ1v) is 7.51. The highest BCUT2D eigenvalue weighted by molar-refractivity contribution is 9.11. The van der Waals surface area contributed by atoms with Gasteiger partial charge in [0, 0.05) is 4.48 Å². The molecule has 4 nitrogen and oxygen atoms in total. The number of carboxylic acid groups (broad SMARTS) is 1. The average molecular weight is 336 g/mol. The van der Waals surface area contributed by atoms with Crippen molar-refractivity contribution in [3.05, 3.63) is 35.4 Å². The van der Waals surface area contributed by atoms with E-state index in [4.69, 9.17) is 5.11 Å². The average Bonchev–Trinajstić information content (AvgIpc) is 2.25. The Hall–Kier alpha value is -0.720. The summed E-state index contributed by atoms with van der Waals surface area (Å²) in [4.78, 5) is 10.9. The minimum atomic E-state index is -1.40. The predicted molar refractivity (Wildman–Crippen MR) is 78.8 cm³/mol. The molecule has 0 aliphatic heterocycles. The van der Waals surface area contributed by atoms with E-state index in [1.165, 1.54) is 0 Å². The molecular weight excluding hydrogens is 318 g/mol. The van der Waals surface area contributed by atoms with Gasteiger partial charge in [0.1, 0.15) is 6.04 Å². The molecule has 6 heteroatoms. The number of carboxylic acids is 1. The van der Waals surface area contributed by atoms with E-state index < -0.39 is 23.0 Å². The molecule has 0 fully saturated rings. The van der Waals surface area contributed by atoms with Crippen molar-refractivity contribution in [2.45, 2.75) is 19.9 Å². The quantitative estimate of drug-likeness (QED) is 0.669. The van der Waals surface area contributed by atoms with Crippen LogP contribution in [-0.2, 0) is 15.8 Å². The number of aliphatic carboxylic acids is 1. The first kappa shape index (κ1) is 17.3. The third kappa shape index (κ3) is 7.58. The van der Waals surface area contributed by atoms with Crippen LogP contribution in [0.25, 0.3) is 0 Å². The van der Waals surface area contributed by atoms with E-state index >= 15 is 0 Å². The van der Waals surface area contributed by atoms with Crippen LogP contribution >= 0.6 is 15.9 Å². The molecule has 0 aliphatic carbocycles. The first-order valence-electron chi connectivity index (χ1n) is 5.40. The fraction of sp³-hybridized carbons (Fsp3) is 0.417. The molecule has 102 valence electrons. The lowest BCUT2D eigenvalue weighted by Gasteiger charge is -2.16. The van der Waals surface area contributed by atoms with Crippen LogP contribution in [0.1, 0.15) is 13.8 Å². The Morgan fingerprint density at radius 2 is 2.17 bits per heavy atom. The highest BCUT2D eigenvalue weighted by Gasteiger charge is 2.22. The van der Waals surface area contributed by atoms with Gasteiger partial charge in [-0.05, 0) is 12.0 Å². The van der Waals surface area contributed by atoms with Crippen LogP contribution in [0.3, 0.4) is 0 Å². The molecule has 18 heavy (non-hydrogen) atoms. The predicted octanol–water partition coefficient (Wildman–Crippen LogP) is 2.37. The van der Waals surface area contributed by atoms with Gasteiger partial charge in [0.2, 0.25) is 0 Å².